The Balaban J connectivity index is 2.06. The monoisotopic (exact) mass is 384 g/mol. The quantitative estimate of drug-likeness (QED) is 0.699. The highest BCUT2D eigenvalue weighted by molar-refractivity contribution is 5.61. The fourth-order valence-electron chi connectivity index (χ4n) is 4.23. The lowest BCUT2D eigenvalue weighted by Crippen LogP contribution is -2.23. The van der Waals surface area contributed by atoms with Crippen LogP contribution in [0.4, 0.5) is 0 Å². The molecule has 0 fully saturated rings. The molecule has 5 nitrogen and oxygen atoms in total. The van der Waals surface area contributed by atoms with Crippen LogP contribution < -0.4 is 10.5 Å². The van der Waals surface area contributed by atoms with E-state index in [4.69, 9.17) is 15.6 Å². The van der Waals surface area contributed by atoms with E-state index < -0.39 is 0 Å². The van der Waals surface area contributed by atoms with Crippen molar-refractivity contribution in [3.63, 3.8) is 0 Å². The molecule has 0 bridgehead atoms. The maximum Gasteiger partial charge on any atom is 0.229 e. The number of nitrogens with zero attached hydrogens (tertiary/aromatic N) is 3. The average Bonchev–Trinajstić information content (AvgIpc) is 3.03. The van der Waals surface area contributed by atoms with Crippen LogP contribution in [-0.2, 0) is 0 Å². The van der Waals surface area contributed by atoms with E-state index >= 15 is 0 Å². The van der Waals surface area contributed by atoms with Crippen molar-refractivity contribution in [2.75, 3.05) is 0 Å². The zero-order valence-electron chi connectivity index (χ0n) is 17.4. The standard InChI is InChI=1S/C24H24N4O/c1-13-11-14(2)16(4)20(15(13)3)22-19(12-25)23(26)29-24-21(22)17(5)27-28(24)18-9-7-6-8-10-18/h6-11,22H,26H2,1-5H3. The molecular formula is C24H24N4O. The molecule has 0 radical (unpaired) electrons. The van der Waals surface area contributed by atoms with Crippen molar-refractivity contribution in [2.45, 2.75) is 40.5 Å². The molecule has 0 saturated carbocycles. The van der Waals surface area contributed by atoms with Crippen molar-refractivity contribution in [2.24, 2.45) is 5.73 Å². The van der Waals surface area contributed by atoms with E-state index in [1.165, 1.54) is 22.3 Å². The van der Waals surface area contributed by atoms with Gasteiger partial charge in [-0.1, -0.05) is 24.3 Å². The molecule has 146 valence electrons. The predicted octanol–water partition coefficient (Wildman–Crippen LogP) is 4.63. The molecule has 0 aliphatic carbocycles. The number of nitriles is 1. The van der Waals surface area contributed by atoms with Gasteiger partial charge in [-0.15, -0.1) is 0 Å². The molecule has 2 heterocycles. The summed E-state index contributed by atoms with van der Waals surface area (Å²) >= 11 is 0. The molecule has 1 atom stereocenters. The van der Waals surface area contributed by atoms with Crippen molar-refractivity contribution in [1.82, 2.24) is 9.78 Å². The van der Waals surface area contributed by atoms with Gasteiger partial charge >= 0.3 is 0 Å². The molecule has 3 aromatic rings. The van der Waals surface area contributed by atoms with E-state index in [9.17, 15) is 5.26 Å². The van der Waals surface area contributed by atoms with Gasteiger partial charge in [0.15, 0.2) is 0 Å². The molecule has 4 rings (SSSR count). The summed E-state index contributed by atoms with van der Waals surface area (Å²) < 4.78 is 7.74. The van der Waals surface area contributed by atoms with E-state index in [0.717, 1.165) is 22.5 Å². The summed E-state index contributed by atoms with van der Waals surface area (Å²) in [4.78, 5) is 0. The number of hydrogen-bond donors (Lipinski definition) is 1. The number of fused-ring (bicyclic) bond motifs is 1. The highest BCUT2D eigenvalue weighted by atomic mass is 16.5. The van der Waals surface area contributed by atoms with Gasteiger partial charge in [-0.2, -0.15) is 10.4 Å². The SMILES string of the molecule is Cc1cc(C)c(C)c(C2C(C#N)=C(N)Oc3c2c(C)nn3-c2ccccc2)c1C. The third-order valence-electron chi connectivity index (χ3n) is 5.95. The lowest BCUT2D eigenvalue weighted by atomic mass is 9.78. The van der Waals surface area contributed by atoms with Crippen LogP contribution in [0.2, 0.25) is 0 Å². The van der Waals surface area contributed by atoms with Crippen molar-refractivity contribution >= 4 is 0 Å². The fourth-order valence-corrected chi connectivity index (χ4v) is 4.23. The zero-order chi connectivity index (χ0) is 20.9. The van der Waals surface area contributed by atoms with E-state index in [1.807, 2.05) is 37.3 Å². The number of rotatable bonds is 2. The molecule has 0 saturated heterocycles. The minimum absolute atomic E-state index is 0.139. The van der Waals surface area contributed by atoms with Crippen LogP contribution in [0.15, 0.2) is 47.9 Å². The number of hydrogen-bond acceptors (Lipinski definition) is 4. The Labute approximate surface area is 171 Å². The minimum Gasteiger partial charge on any atom is -0.422 e. The van der Waals surface area contributed by atoms with Gasteiger partial charge in [-0.05, 0) is 74.6 Å². The van der Waals surface area contributed by atoms with E-state index in [0.29, 0.717) is 11.5 Å². The summed E-state index contributed by atoms with van der Waals surface area (Å²) in [6.07, 6.45) is 0. The van der Waals surface area contributed by atoms with Gasteiger partial charge in [-0.25, -0.2) is 4.68 Å². The number of ether oxygens (including phenoxy) is 1. The molecule has 1 aliphatic heterocycles. The van der Waals surface area contributed by atoms with E-state index in [-0.39, 0.29) is 11.8 Å². The first-order chi connectivity index (χ1) is 13.8. The van der Waals surface area contributed by atoms with Gasteiger partial charge < -0.3 is 10.5 Å². The summed E-state index contributed by atoms with van der Waals surface area (Å²) in [5.74, 6) is 0.410. The van der Waals surface area contributed by atoms with Gasteiger partial charge in [0.05, 0.1) is 22.9 Å². The van der Waals surface area contributed by atoms with Crippen LogP contribution in [0.25, 0.3) is 5.69 Å². The van der Waals surface area contributed by atoms with E-state index in [1.54, 1.807) is 4.68 Å². The normalized spacial score (nSPS) is 15.7. The molecular weight excluding hydrogens is 360 g/mol. The van der Waals surface area contributed by atoms with Gasteiger partial charge in [0.1, 0.15) is 11.6 Å². The van der Waals surface area contributed by atoms with Crippen LogP contribution in [0.1, 0.15) is 45.0 Å². The molecule has 1 aliphatic rings. The van der Waals surface area contributed by atoms with Gasteiger partial charge in [-0.3, -0.25) is 0 Å². The second kappa shape index (κ2) is 6.82. The topological polar surface area (TPSA) is 76.9 Å². The number of benzene rings is 2. The Morgan fingerprint density at radius 1 is 1.00 bits per heavy atom. The maximum absolute atomic E-state index is 9.96. The third-order valence-corrected chi connectivity index (χ3v) is 5.95. The second-order valence-corrected chi connectivity index (χ2v) is 7.65. The summed E-state index contributed by atoms with van der Waals surface area (Å²) in [6, 6.07) is 14.3. The molecule has 2 aromatic carbocycles. The lowest BCUT2D eigenvalue weighted by molar-refractivity contribution is 0.367. The summed E-state index contributed by atoms with van der Waals surface area (Å²) in [7, 11) is 0. The Morgan fingerprint density at radius 3 is 2.21 bits per heavy atom. The molecule has 1 aromatic heterocycles. The number of allylic oxidation sites excluding steroid dienone is 1. The van der Waals surface area contributed by atoms with Crippen molar-refractivity contribution in [3.05, 3.63) is 86.9 Å². The molecule has 5 heteroatoms. The summed E-state index contributed by atoms with van der Waals surface area (Å²) in [5, 5.41) is 14.7. The van der Waals surface area contributed by atoms with Gasteiger partial charge in [0.25, 0.3) is 0 Å². The van der Waals surface area contributed by atoms with E-state index in [2.05, 4.69) is 39.8 Å². The largest absolute Gasteiger partial charge is 0.422 e. The fraction of sp³-hybridized carbons (Fsp3) is 0.250. The predicted molar refractivity (Wildman–Crippen MR) is 113 cm³/mol. The van der Waals surface area contributed by atoms with Crippen molar-refractivity contribution in [1.29, 1.82) is 5.26 Å². The highest BCUT2D eigenvalue weighted by Crippen LogP contribution is 2.47. The van der Waals surface area contributed by atoms with Crippen LogP contribution >= 0.6 is 0 Å². The Morgan fingerprint density at radius 2 is 1.62 bits per heavy atom. The van der Waals surface area contributed by atoms with Crippen LogP contribution in [-0.4, -0.2) is 9.78 Å². The molecule has 0 spiro atoms. The number of aromatic nitrogens is 2. The molecule has 2 N–H and O–H groups in total. The van der Waals surface area contributed by atoms with Crippen molar-refractivity contribution in [3.8, 4) is 17.6 Å². The highest BCUT2D eigenvalue weighted by Gasteiger charge is 2.37. The van der Waals surface area contributed by atoms with Crippen molar-refractivity contribution < 1.29 is 4.74 Å². The third kappa shape index (κ3) is 2.80. The van der Waals surface area contributed by atoms with Crippen LogP contribution in [0.5, 0.6) is 5.88 Å². The maximum atomic E-state index is 9.96. The Bertz CT molecular complexity index is 1170. The molecule has 0 amide bonds. The lowest BCUT2D eigenvalue weighted by Gasteiger charge is -2.28. The molecule has 1 unspecified atom stereocenters. The number of nitrogens with two attached hydrogens (primary N) is 1. The smallest absolute Gasteiger partial charge is 0.229 e. The number of para-hydroxylation sites is 1. The van der Waals surface area contributed by atoms with Crippen LogP contribution in [0, 0.1) is 45.9 Å². The van der Waals surface area contributed by atoms with Gasteiger partial charge in [0, 0.05) is 0 Å². The zero-order valence-corrected chi connectivity index (χ0v) is 17.4. The number of aryl methyl sites for hydroxylation is 3. The Hall–Kier alpha value is -3.52. The first-order valence-corrected chi connectivity index (χ1v) is 9.65. The molecule has 29 heavy (non-hydrogen) atoms. The first kappa shape index (κ1) is 18.8. The first-order valence-electron chi connectivity index (χ1n) is 9.65. The van der Waals surface area contributed by atoms with Crippen LogP contribution in [0.3, 0.4) is 0 Å². The second-order valence-electron chi connectivity index (χ2n) is 7.65. The summed E-state index contributed by atoms with van der Waals surface area (Å²) in [6.45, 7) is 10.4. The summed E-state index contributed by atoms with van der Waals surface area (Å²) in [5.41, 5.74) is 15.1. The minimum atomic E-state index is -0.306. The van der Waals surface area contributed by atoms with Gasteiger partial charge in [0.2, 0.25) is 11.8 Å². The average molecular weight is 384 g/mol. The Kier molecular flexibility index (Phi) is 4.43.